The Morgan fingerprint density at radius 1 is 0.905 bits per heavy atom. The average Bonchev–Trinajstić information content (AvgIpc) is 2.50. The van der Waals surface area contributed by atoms with Gasteiger partial charge in [0.05, 0.1) is 0 Å². The number of carbonyl (C=O) groups is 2. The zero-order chi connectivity index (χ0) is 15.1. The summed E-state index contributed by atoms with van der Waals surface area (Å²) in [6.07, 6.45) is -0.275. The van der Waals surface area contributed by atoms with Crippen LogP contribution < -0.4 is 14.8 Å². The van der Waals surface area contributed by atoms with Gasteiger partial charge in [-0.25, -0.2) is 4.79 Å². The summed E-state index contributed by atoms with van der Waals surface area (Å²) >= 11 is 0. The molecule has 2 aromatic rings. The van der Waals surface area contributed by atoms with Crippen LogP contribution in [0.3, 0.4) is 0 Å². The summed E-state index contributed by atoms with van der Waals surface area (Å²) in [7, 11) is 0. The Kier molecular flexibility index (Phi) is 4.93. The van der Waals surface area contributed by atoms with E-state index in [1.807, 2.05) is 6.07 Å². The molecular weight excluding hydrogens is 270 g/mol. The van der Waals surface area contributed by atoms with E-state index in [4.69, 9.17) is 9.47 Å². The topological polar surface area (TPSA) is 64.6 Å². The van der Waals surface area contributed by atoms with Gasteiger partial charge in [0.15, 0.2) is 0 Å². The molecule has 5 heteroatoms. The summed E-state index contributed by atoms with van der Waals surface area (Å²) in [6, 6.07) is 15.2. The summed E-state index contributed by atoms with van der Waals surface area (Å²) in [4.78, 5) is 22.8. The summed E-state index contributed by atoms with van der Waals surface area (Å²) in [5, 5.41) is 2.58. The maximum absolute atomic E-state index is 11.7. The van der Waals surface area contributed by atoms with E-state index in [9.17, 15) is 9.59 Å². The second-order valence-electron chi connectivity index (χ2n) is 4.18. The number of para-hydroxylation sites is 1. The predicted molar refractivity (Wildman–Crippen MR) is 78.5 cm³/mol. The Balaban J connectivity index is 1.91. The zero-order valence-electron chi connectivity index (χ0n) is 11.5. The van der Waals surface area contributed by atoms with E-state index in [0.717, 1.165) is 0 Å². The lowest BCUT2D eigenvalue weighted by atomic mass is 10.3. The number of ether oxygens (including phenoxy) is 2. The van der Waals surface area contributed by atoms with Crippen LogP contribution in [0, 0.1) is 0 Å². The van der Waals surface area contributed by atoms with Gasteiger partial charge in [0, 0.05) is 12.1 Å². The van der Waals surface area contributed by atoms with Gasteiger partial charge in [0.1, 0.15) is 11.5 Å². The highest BCUT2D eigenvalue weighted by atomic mass is 16.6. The third-order valence-corrected chi connectivity index (χ3v) is 2.57. The van der Waals surface area contributed by atoms with Gasteiger partial charge in [0.2, 0.25) is 0 Å². The molecule has 0 saturated heterocycles. The van der Waals surface area contributed by atoms with E-state index in [0.29, 0.717) is 23.6 Å². The minimum absolute atomic E-state index is 0.306. The summed E-state index contributed by atoms with van der Waals surface area (Å²) in [5.74, 6) is 0.589. The van der Waals surface area contributed by atoms with E-state index >= 15 is 0 Å². The molecule has 0 saturated carbocycles. The highest BCUT2D eigenvalue weighted by Gasteiger charge is 2.06. The molecule has 0 bridgehead atoms. The first-order valence-corrected chi connectivity index (χ1v) is 6.52. The first-order chi connectivity index (χ1) is 10.2. The van der Waals surface area contributed by atoms with Crippen LogP contribution in [-0.2, 0) is 4.79 Å². The molecule has 0 spiro atoms. The Morgan fingerprint density at radius 2 is 1.52 bits per heavy atom. The minimum Gasteiger partial charge on any atom is -0.427 e. The third kappa shape index (κ3) is 4.65. The van der Waals surface area contributed by atoms with Gasteiger partial charge < -0.3 is 9.47 Å². The molecule has 0 radical (unpaired) electrons. The molecule has 0 unspecified atom stereocenters. The largest absolute Gasteiger partial charge is 0.427 e. The molecule has 108 valence electrons. The second kappa shape index (κ2) is 7.09. The van der Waals surface area contributed by atoms with Crippen molar-refractivity contribution in [2.45, 2.75) is 13.3 Å². The summed E-state index contributed by atoms with van der Waals surface area (Å²) < 4.78 is 10.1. The molecule has 1 amide bonds. The fraction of sp³-hybridized carbons (Fsp3) is 0.125. The van der Waals surface area contributed by atoms with Gasteiger partial charge in [-0.05, 0) is 36.4 Å². The van der Waals surface area contributed by atoms with Crippen LogP contribution in [0.2, 0.25) is 0 Å². The van der Waals surface area contributed by atoms with Crippen LogP contribution in [-0.4, -0.2) is 12.1 Å². The number of amides is 1. The van der Waals surface area contributed by atoms with Crippen molar-refractivity contribution in [2.24, 2.45) is 0 Å². The van der Waals surface area contributed by atoms with Gasteiger partial charge in [-0.15, -0.1) is 0 Å². The van der Waals surface area contributed by atoms with Crippen molar-refractivity contribution in [1.82, 2.24) is 0 Å². The van der Waals surface area contributed by atoms with Crippen molar-refractivity contribution in [3.63, 3.8) is 0 Å². The van der Waals surface area contributed by atoms with Gasteiger partial charge in [-0.3, -0.25) is 10.1 Å². The quantitative estimate of drug-likeness (QED) is 0.688. The molecule has 0 heterocycles. The number of hydrogen-bond donors (Lipinski definition) is 1. The molecule has 0 aliphatic carbocycles. The van der Waals surface area contributed by atoms with Gasteiger partial charge >= 0.3 is 12.1 Å². The number of benzene rings is 2. The second-order valence-corrected chi connectivity index (χ2v) is 4.18. The van der Waals surface area contributed by atoms with Gasteiger partial charge in [-0.1, -0.05) is 25.1 Å². The molecule has 0 aromatic heterocycles. The Hall–Kier alpha value is -2.82. The fourth-order valence-corrected chi connectivity index (χ4v) is 1.55. The van der Waals surface area contributed by atoms with Crippen molar-refractivity contribution in [2.75, 3.05) is 5.32 Å². The zero-order valence-corrected chi connectivity index (χ0v) is 11.5. The lowest BCUT2D eigenvalue weighted by Crippen LogP contribution is -2.16. The van der Waals surface area contributed by atoms with Crippen molar-refractivity contribution in [3.8, 4) is 11.5 Å². The smallest absolute Gasteiger partial charge is 0.417 e. The van der Waals surface area contributed by atoms with Crippen LogP contribution >= 0.6 is 0 Å². The van der Waals surface area contributed by atoms with Crippen molar-refractivity contribution in [1.29, 1.82) is 0 Å². The molecule has 0 aliphatic heterocycles. The van der Waals surface area contributed by atoms with Crippen molar-refractivity contribution in [3.05, 3.63) is 54.6 Å². The minimum atomic E-state index is -0.584. The van der Waals surface area contributed by atoms with E-state index in [1.165, 1.54) is 0 Å². The molecule has 5 nitrogen and oxygen atoms in total. The maximum atomic E-state index is 11.7. The van der Waals surface area contributed by atoms with Crippen LogP contribution in [0.1, 0.15) is 13.3 Å². The lowest BCUT2D eigenvalue weighted by molar-refractivity contribution is -0.134. The lowest BCUT2D eigenvalue weighted by Gasteiger charge is -2.07. The molecule has 2 rings (SSSR count). The van der Waals surface area contributed by atoms with Crippen molar-refractivity contribution >= 4 is 17.7 Å². The molecule has 0 aliphatic rings. The van der Waals surface area contributed by atoms with E-state index in [2.05, 4.69) is 5.32 Å². The fourth-order valence-electron chi connectivity index (χ4n) is 1.55. The highest BCUT2D eigenvalue weighted by Crippen LogP contribution is 2.17. The number of carbonyl (C=O) groups excluding carboxylic acids is 2. The molecule has 21 heavy (non-hydrogen) atoms. The first-order valence-electron chi connectivity index (χ1n) is 6.52. The number of esters is 1. The third-order valence-electron chi connectivity index (χ3n) is 2.57. The number of nitrogens with one attached hydrogen (secondary N) is 1. The SMILES string of the molecule is CCC(=O)Oc1ccc(NC(=O)Oc2ccccc2)cc1. The molecule has 0 atom stereocenters. The Labute approximate surface area is 122 Å². The monoisotopic (exact) mass is 285 g/mol. The van der Waals surface area contributed by atoms with Gasteiger partial charge in [0.25, 0.3) is 0 Å². The number of anilines is 1. The molecular formula is C16H15NO4. The van der Waals surface area contributed by atoms with Crippen molar-refractivity contribution < 1.29 is 19.1 Å². The van der Waals surface area contributed by atoms with Crippen LogP contribution in [0.4, 0.5) is 10.5 Å². The first kappa shape index (κ1) is 14.6. The highest BCUT2D eigenvalue weighted by molar-refractivity contribution is 5.86. The van der Waals surface area contributed by atoms with E-state index in [-0.39, 0.29) is 5.97 Å². The predicted octanol–water partition coefficient (Wildman–Crippen LogP) is 3.61. The average molecular weight is 285 g/mol. The maximum Gasteiger partial charge on any atom is 0.417 e. The van der Waals surface area contributed by atoms with Crippen LogP contribution in [0.25, 0.3) is 0 Å². The normalized spacial score (nSPS) is 9.76. The summed E-state index contributed by atoms with van der Waals surface area (Å²) in [6.45, 7) is 1.72. The van der Waals surface area contributed by atoms with E-state index in [1.54, 1.807) is 55.5 Å². The van der Waals surface area contributed by atoms with Crippen LogP contribution in [0.5, 0.6) is 11.5 Å². The molecule has 1 N–H and O–H groups in total. The van der Waals surface area contributed by atoms with Gasteiger partial charge in [-0.2, -0.15) is 0 Å². The standard InChI is InChI=1S/C16H15NO4/c1-2-15(18)20-14-10-8-12(9-11-14)17-16(19)21-13-6-4-3-5-7-13/h3-11H,2H2,1H3,(H,17,19). The Morgan fingerprint density at radius 3 is 2.14 bits per heavy atom. The number of hydrogen-bond acceptors (Lipinski definition) is 4. The van der Waals surface area contributed by atoms with Crippen LogP contribution in [0.15, 0.2) is 54.6 Å². The number of rotatable bonds is 4. The molecule has 2 aromatic carbocycles. The van der Waals surface area contributed by atoms with E-state index < -0.39 is 6.09 Å². The summed E-state index contributed by atoms with van der Waals surface area (Å²) in [5.41, 5.74) is 0.548. The molecule has 0 fully saturated rings. The Bertz CT molecular complexity index is 608.